The van der Waals surface area contributed by atoms with Gasteiger partial charge < -0.3 is 5.32 Å². The molecule has 8 nitrogen and oxygen atoms in total. The number of carbonyl (C=O) groups is 1. The minimum Gasteiger partial charge on any atom is -0.351 e. The van der Waals surface area contributed by atoms with Crippen LogP contribution in [0.5, 0.6) is 0 Å². The van der Waals surface area contributed by atoms with Crippen molar-refractivity contribution in [1.82, 2.24) is 14.3 Å². The number of rotatable bonds is 4. The van der Waals surface area contributed by atoms with E-state index >= 15 is 0 Å². The van der Waals surface area contributed by atoms with Crippen molar-refractivity contribution in [3.63, 3.8) is 0 Å². The number of fused-ring (bicyclic) bond motifs is 2. The molecule has 2 unspecified atom stereocenters. The summed E-state index contributed by atoms with van der Waals surface area (Å²) in [4.78, 5) is 24.5. The molecule has 2 aliphatic carbocycles. The molecule has 3 heterocycles. The summed E-state index contributed by atoms with van der Waals surface area (Å²) < 4.78 is 25.3. The first-order chi connectivity index (χ1) is 13.8. The first-order valence-corrected chi connectivity index (χ1v) is 12.6. The van der Waals surface area contributed by atoms with E-state index in [1.807, 2.05) is 18.0 Å². The van der Waals surface area contributed by atoms with Crippen LogP contribution in [0.4, 0.5) is 11.8 Å². The molecule has 1 spiro atoms. The molecule has 4 aliphatic rings. The summed E-state index contributed by atoms with van der Waals surface area (Å²) in [6.07, 6.45) is 10.8. The Morgan fingerprint density at radius 3 is 2.55 bits per heavy atom. The Hall–Kier alpha value is -1.74. The Balaban J connectivity index is 1.37. The SMILES string of the molecule is CC1CC(Nc2ncc3c(n2)N(C2CCCC2)C(=O)C32CC2)CCN1S(C)(=O)=O. The third-order valence-corrected chi connectivity index (χ3v) is 8.55. The zero-order valence-electron chi connectivity index (χ0n) is 17.1. The molecule has 0 radical (unpaired) electrons. The van der Waals surface area contributed by atoms with Crippen molar-refractivity contribution >= 4 is 27.7 Å². The highest BCUT2D eigenvalue weighted by atomic mass is 32.2. The van der Waals surface area contributed by atoms with E-state index in [-0.39, 0.29) is 29.4 Å². The van der Waals surface area contributed by atoms with Crippen LogP contribution < -0.4 is 10.2 Å². The molecule has 2 atom stereocenters. The summed E-state index contributed by atoms with van der Waals surface area (Å²) in [6.45, 7) is 2.44. The van der Waals surface area contributed by atoms with Crippen LogP contribution in [0.2, 0.25) is 0 Å². The average Bonchev–Trinajstić information content (AvgIpc) is 3.21. The predicted molar refractivity (Wildman–Crippen MR) is 110 cm³/mol. The van der Waals surface area contributed by atoms with Crippen LogP contribution in [-0.2, 0) is 20.2 Å². The van der Waals surface area contributed by atoms with Crippen molar-refractivity contribution in [2.75, 3.05) is 23.0 Å². The summed E-state index contributed by atoms with van der Waals surface area (Å²) in [6, 6.07) is 0.326. The largest absolute Gasteiger partial charge is 0.351 e. The number of amides is 1. The molecule has 3 fully saturated rings. The minimum atomic E-state index is -3.18. The smallest absolute Gasteiger partial charge is 0.239 e. The minimum absolute atomic E-state index is 0.0584. The second-order valence-electron chi connectivity index (χ2n) is 9.21. The fraction of sp³-hybridized carbons (Fsp3) is 0.750. The van der Waals surface area contributed by atoms with Crippen molar-refractivity contribution in [3.05, 3.63) is 11.8 Å². The lowest BCUT2D eigenvalue weighted by atomic mass is 10.0. The van der Waals surface area contributed by atoms with E-state index in [0.29, 0.717) is 25.3 Å². The van der Waals surface area contributed by atoms with Gasteiger partial charge in [0.15, 0.2) is 0 Å². The highest BCUT2D eigenvalue weighted by Crippen LogP contribution is 2.57. The van der Waals surface area contributed by atoms with Gasteiger partial charge in [0, 0.05) is 36.4 Å². The summed E-state index contributed by atoms with van der Waals surface area (Å²) in [5.41, 5.74) is 0.645. The van der Waals surface area contributed by atoms with Gasteiger partial charge in [-0.2, -0.15) is 9.29 Å². The third kappa shape index (κ3) is 3.13. The molecule has 0 aromatic carbocycles. The lowest BCUT2D eigenvalue weighted by molar-refractivity contribution is -0.120. The number of hydrogen-bond donors (Lipinski definition) is 1. The van der Waals surface area contributed by atoms with Gasteiger partial charge in [-0.1, -0.05) is 12.8 Å². The monoisotopic (exact) mass is 419 g/mol. The molecular weight excluding hydrogens is 390 g/mol. The summed E-state index contributed by atoms with van der Waals surface area (Å²) in [5, 5.41) is 3.41. The van der Waals surface area contributed by atoms with Crippen molar-refractivity contribution in [1.29, 1.82) is 0 Å². The van der Waals surface area contributed by atoms with Gasteiger partial charge in [0.05, 0.1) is 11.7 Å². The summed E-state index contributed by atoms with van der Waals surface area (Å²) in [5.74, 6) is 1.57. The second-order valence-corrected chi connectivity index (χ2v) is 11.1. The standard InChI is InChI=1S/C20H29N5O3S/c1-13-11-14(7-10-24(13)29(2,27)28)22-19-21-12-16-17(23-19)25(15-5-3-4-6-15)18(26)20(16)8-9-20/h12-15H,3-11H2,1-2H3,(H,21,22,23). The zero-order valence-corrected chi connectivity index (χ0v) is 17.9. The highest BCUT2D eigenvalue weighted by molar-refractivity contribution is 7.88. The zero-order chi connectivity index (χ0) is 20.4. The molecular formula is C20H29N5O3S. The quantitative estimate of drug-likeness (QED) is 0.802. The first-order valence-electron chi connectivity index (χ1n) is 10.7. The van der Waals surface area contributed by atoms with E-state index in [1.54, 1.807) is 4.31 Å². The fourth-order valence-electron chi connectivity index (χ4n) is 5.47. The number of aromatic nitrogens is 2. The second kappa shape index (κ2) is 6.63. The molecule has 1 aromatic heterocycles. The van der Waals surface area contributed by atoms with E-state index < -0.39 is 10.0 Å². The van der Waals surface area contributed by atoms with E-state index in [0.717, 1.165) is 37.1 Å². The molecule has 2 saturated carbocycles. The molecule has 1 saturated heterocycles. The van der Waals surface area contributed by atoms with E-state index in [1.165, 1.54) is 19.1 Å². The molecule has 1 aromatic rings. The fourth-order valence-corrected chi connectivity index (χ4v) is 6.65. The highest BCUT2D eigenvalue weighted by Gasteiger charge is 2.61. The Morgan fingerprint density at radius 1 is 1.21 bits per heavy atom. The lowest BCUT2D eigenvalue weighted by Crippen LogP contribution is -2.47. The molecule has 29 heavy (non-hydrogen) atoms. The van der Waals surface area contributed by atoms with Gasteiger partial charge in [-0.3, -0.25) is 9.69 Å². The van der Waals surface area contributed by atoms with Crippen LogP contribution in [0.3, 0.4) is 0 Å². The molecule has 0 bridgehead atoms. The van der Waals surface area contributed by atoms with E-state index in [2.05, 4.69) is 10.3 Å². The molecule has 2 aliphatic heterocycles. The van der Waals surface area contributed by atoms with Gasteiger partial charge in [0.2, 0.25) is 21.9 Å². The normalized spacial score (nSPS) is 29.4. The van der Waals surface area contributed by atoms with Gasteiger partial charge in [-0.25, -0.2) is 13.4 Å². The van der Waals surface area contributed by atoms with Gasteiger partial charge in [-0.05, 0) is 45.4 Å². The van der Waals surface area contributed by atoms with Crippen LogP contribution >= 0.6 is 0 Å². The van der Waals surface area contributed by atoms with Crippen LogP contribution in [0, 0.1) is 0 Å². The van der Waals surface area contributed by atoms with Crippen molar-refractivity contribution in [2.45, 2.75) is 81.8 Å². The van der Waals surface area contributed by atoms with Gasteiger partial charge in [-0.15, -0.1) is 0 Å². The third-order valence-electron chi connectivity index (χ3n) is 7.15. The number of sulfonamides is 1. The Morgan fingerprint density at radius 2 is 1.93 bits per heavy atom. The number of hydrogen-bond acceptors (Lipinski definition) is 6. The van der Waals surface area contributed by atoms with E-state index in [9.17, 15) is 13.2 Å². The van der Waals surface area contributed by atoms with Crippen molar-refractivity contribution in [2.24, 2.45) is 0 Å². The topological polar surface area (TPSA) is 95.5 Å². The van der Waals surface area contributed by atoms with Gasteiger partial charge in [0.1, 0.15) is 5.82 Å². The van der Waals surface area contributed by atoms with Crippen LogP contribution in [0.25, 0.3) is 0 Å². The number of nitrogens with one attached hydrogen (secondary N) is 1. The van der Waals surface area contributed by atoms with Crippen LogP contribution in [0.15, 0.2) is 6.20 Å². The first kappa shape index (κ1) is 19.2. The summed E-state index contributed by atoms with van der Waals surface area (Å²) >= 11 is 0. The van der Waals surface area contributed by atoms with E-state index in [4.69, 9.17) is 4.98 Å². The number of piperidine rings is 1. The van der Waals surface area contributed by atoms with Gasteiger partial charge in [0.25, 0.3) is 0 Å². The number of nitrogens with zero attached hydrogens (tertiary/aromatic N) is 4. The number of anilines is 2. The predicted octanol–water partition coefficient (Wildman–Crippen LogP) is 2.02. The lowest BCUT2D eigenvalue weighted by Gasteiger charge is -2.36. The average molecular weight is 420 g/mol. The maximum absolute atomic E-state index is 13.2. The molecule has 5 rings (SSSR count). The number of carbonyl (C=O) groups excluding carboxylic acids is 1. The Labute approximate surface area is 172 Å². The Kier molecular flexibility index (Phi) is 4.40. The van der Waals surface area contributed by atoms with Crippen molar-refractivity contribution < 1.29 is 13.2 Å². The molecule has 1 N–H and O–H groups in total. The molecule has 158 valence electrons. The van der Waals surface area contributed by atoms with Crippen LogP contribution in [-0.4, -0.2) is 59.5 Å². The maximum atomic E-state index is 13.2. The van der Waals surface area contributed by atoms with Gasteiger partial charge >= 0.3 is 0 Å². The summed E-state index contributed by atoms with van der Waals surface area (Å²) in [7, 11) is -3.18. The maximum Gasteiger partial charge on any atom is 0.239 e. The molecule has 1 amide bonds. The molecule has 9 heteroatoms. The Bertz CT molecular complexity index is 939. The van der Waals surface area contributed by atoms with Crippen molar-refractivity contribution in [3.8, 4) is 0 Å². The van der Waals surface area contributed by atoms with Crippen LogP contribution in [0.1, 0.15) is 63.9 Å².